The van der Waals surface area contributed by atoms with Crippen molar-refractivity contribution in [2.45, 2.75) is 25.8 Å². The van der Waals surface area contributed by atoms with Gasteiger partial charge in [-0.3, -0.25) is 0 Å². The topological polar surface area (TPSA) is 37.8 Å². The predicted octanol–water partition coefficient (Wildman–Crippen LogP) is 3.49. The van der Waals surface area contributed by atoms with E-state index in [0.717, 1.165) is 18.7 Å². The van der Waals surface area contributed by atoms with Crippen molar-refractivity contribution in [1.82, 2.24) is 9.97 Å². The molecule has 2 aromatic rings. The monoisotopic (exact) mass is 233 g/mol. The van der Waals surface area contributed by atoms with Crippen LogP contribution in [-0.4, -0.2) is 9.97 Å². The zero-order valence-electron chi connectivity index (χ0n) is 9.26. The first-order chi connectivity index (χ1) is 7.90. The number of hydrogen-bond acceptors (Lipinski definition) is 4. The van der Waals surface area contributed by atoms with E-state index in [1.54, 1.807) is 23.9 Å². The van der Waals surface area contributed by atoms with Crippen LogP contribution < -0.4 is 5.32 Å². The van der Waals surface area contributed by atoms with E-state index >= 15 is 0 Å². The summed E-state index contributed by atoms with van der Waals surface area (Å²) in [4.78, 5) is 9.47. The van der Waals surface area contributed by atoms with Crippen LogP contribution in [0.4, 0.5) is 5.82 Å². The van der Waals surface area contributed by atoms with E-state index < -0.39 is 0 Å². The SMILES string of the molecule is CCCC(Nc1ccncn1)c1cccs1. The molecular formula is C12H15N3S. The lowest BCUT2D eigenvalue weighted by atomic mass is 10.1. The number of aromatic nitrogens is 2. The lowest BCUT2D eigenvalue weighted by Gasteiger charge is -2.16. The maximum Gasteiger partial charge on any atom is 0.129 e. The highest BCUT2D eigenvalue weighted by molar-refractivity contribution is 7.10. The zero-order valence-corrected chi connectivity index (χ0v) is 10.1. The van der Waals surface area contributed by atoms with Crippen LogP contribution in [0.2, 0.25) is 0 Å². The van der Waals surface area contributed by atoms with E-state index in [9.17, 15) is 0 Å². The van der Waals surface area contributed by atoms with Crippen molar-refractivity contribution in [3.05, 3.63) is 41.0 Å². The van der Waals surface area contributed by atoms with Crippen molar-refractivity contribution in [3.63, 3.8) is 0 Å². The predicted molar refractivity (Wildman–Crippen MR) is 67.6 cm³/mol. The van der Waals surface area contributed by atoms with Gasteiger partial charge in [-0.15, -0.1) is 11.3 Å². The fraction of sp³-hybridized carbons (Fsp3) is 0.333. The first-order valence-electron chi connectivity index (χ1n) is 5.46. The normalized spacial score (nSPS) is 12.3. The molecule has 2 aromatic heterocycles. The molecule has 84 valence electrons. The van der Waals surface area contributed by atoms with Gasteiger partial charge in [-0.05, 0) is 23.9 Å². The minimum absolute atomic E-state index is 0.361. The molecule has 0 aromatic carbocycles. The highest BCUT2D eigenvalue weighted by Crippen LogP contribution is 2.26. The molecule has 0 aliphatic heterocycles. The van der Waals surface area contributed by atoms with E-state index in [-0.39, 0.29) is 0 Å². The highest BCUT2D eigenvalue weighted by atomic mass is 32.1. The van der Waals surface area contributed by atoms with Gasteiger partial charge in [-0.2, -0.15) is 0 Å². The summed E-state index contributed by atoms with van der Waals surface area (Å²) in [7, 11) is 0. The Kier molecular flexibility index (Phi) is 3.88. The minimum Gasteiger partial charge on any atom is -0.362 e. The van der Waals surface area contributed by atoms with Crippen LogP contribution in [0, 0.1) is 0 Å². The molecule has 0 bridgehead atoms. The van der Waals surface area contributed by atoms with Crippen molar-refractivity contribution in [3.8, 4) is 0 Å². The van der Waals surface area contributed by atoms with Gasteiger partial charge in [0.15, 0.2) is 0 Å². The average Bonchev–Trinajstić information content (AvgIpc) is 2.83. The van der Waals surface area contributed by atoms with Gasteiger partial charge in [-0.25, -0.2) is 9.97 Å². The smallest absolute Gasteiger partial charge is 0.129 e. The molecule has 0 radical (unpaired) electrons. The third-order valence-electron chi connectivity index (χ3n) is 2.37. The quantitative estimate of drug-likeness (QED) is 0.859. The standard InChI is InChI=1S/C12H15N3S/c1-2-4-10(11-5-3-8-16-11)15-12-6-7-13-9-14-12/h3,5-10H,2,4H2,1H3,(H,13,14,15). The maximum atomic E-state index is 4.19. The Bertz CT molecular complexity index is 399. The van der Waals surface area contributed by atoms with Crippen LogP contribution in [-0.2, 0) is 0 Å². The van der Waals surface area contributed by atoms with Gasteiger partial charge < -0.3 is 5.32 Å². The zero-order chi connectivity index (χ0) is 11.2. The van der Waals surface area contributed by atoms with Gasteiger partial charge in [0, 0.05) is 11.1 Å². The maximum absolute atomic E-state index is 4.19. The third-order valence-corrected chi connectivity index (χ3v) is 3.35. The molecule has 0 aliphatic rings. The average molecular weight is 233 g/mol. The third kappa shape index (κ3) is 2.79. The first-order valence-corrected chi connectivity index (χ1v) is 6.34. The van der Waals surface area contributed by atoms with E-state index in [2.05, 4.69) is 39.7 Å². The molecule has 0 spiro atoms. The van der Waals surface area contributed by atoms with Crippen molar-refractivity contribution >= 4 is 17.2 Å². The second-order valence-electron chi connectivity index (χ2n) is 3.60. The van der Waals surface area contributed by atoms with Gasteiger partial charge in [0.05, 0.1) is 6.04 Å². The number of nitrogens with zero attached hydrogens (tertiary/aromatic N) is 2. The van der Waals surface area contributed by atoms with E-state index in [0.29, 0.717) is 6.04 Å². The van der Waals surface area contributed by atoms with Crippen molar-refractivity contribution in [2.75, 3.05) is 5.32 Å². The second kappa shape index (κ2) is 5.61. The molecule has 4 heteroatoms. The molecule has 0 amide bonds. The molecule has 2 rings (SSSR count). The Hall–Kier alpha value is -1.42. The molecule has 2 heterocycles. The number of thiophene rings is 1. The number of anilines is 1. The number of hydrogen-bond donors (Lipinski definition) is 1. The summed E-state index contributed by atoms with van der Waals surface area (Å²) in [5, 5.41) is 5.55. The van der Waals surface area contributed by atoms with Crippen LogP contribution in [0.1, 0.15) is 30.7 Å². The lowest BCUT2D eigenvalue weighted by molar-refractivity contribution is 0.684. The molecule has 3 nitrogen and oxygen atoms in total. The summed E-state index contributed by atoms with van der Waals surface area (Å²) in [6, 6.07) is 6.51. The number of nitrogens with one attached hydrogen (secondary N) is 1. The fourth-order valence-corrected chi connectivity index (χ4v) is 2.43. The summed E-state index contributed by atoms with van der Waals surface area (Å²) in [5.74, 6) is 0.891. The molecule has 0 aliphatic carbocycles. The van der Waals surface area contributed by atoms with E-state index in [1.165, 1.54) is 4.88 Å². The van der Waals surface area contributed by atoms with E-state index in [1.807, 2.05) is 6.07 Å². The largest absolute Gasteiger partial charge is 0.362 e. The fourth-order valence-electron chi connectivity index (χ4n) is 1.62. The van der Waals surface area contributed by atoms with Crippen LogP contribution in [0.25, 0.3) is 0 Å². The van der Waals surface area contributed by atoms with Crippen LogP contribution >= 0.6 is 11.3 Å². The van der Waals surface area contributed by atoms with Crippen molar-refractivity contribution < 1.29 is 0 Å². The Morgan fingerprint density at radius 2 is 2.38 bits per heavy atom. The summed E-state index contributed by atoms with van der Waals surface area (Å²) >= 11 is 1.78. The number of rotatable bonds is 5. The van der Waals surface area contributed by atoms with E-state index in [4.69, 9.17) is 0 Å². The van der Waals surface area contributed by atoms with Crippen molar-refractivity contribution in [1.29, 1.82) is 0 Å². The highest BCUT2D eigenvalue weighted by Gasteiger charge is 2.11. The molecule has 1 unspecified atom stereocenters. The van der Waals surface area contributed by atoms with Crippen molar-refractivity contribution in [2.24, 2.45) is 0 Å². The Balaban J connectivity index is 2.09. The molecule has 0 saturated carbocycles. The molecular weight excluding hydrogens is 218 g/mol. The summed E-state index contributed by atoms with van der Waals surface area (Å²) in [5.41, 5.74) is 0. The summed E-state index contributed by atoms with van der Waals surface area (Å²) in [6.07, 6.45) is 5.59. The van der Waals surface area contributed by atoms with Crippen LogP contribution in [0.5, 0.6) is 0 Å². The van der Waals surface area contributed by atoms with Gasteiger partial charge in [0.2, 0.25) is 0 Å². The molecule has 16 heavy (non-hydrogen) atoms. The van der Waals surface area contributed by atoms with Gasteiger partial charge in [0.1, 0.15) is 12.1 Å². The first kappa shape index (κ1) is 11.1. The van der Waals surface area contributed by atoms with Crippen LogP contribution in [0.3, 0.4) is 0 Å². The van der Waals surface area contributed by atoms with Gasteiger partial charge in [0.25, 0.3) is 0 Å². The molecule has 0 saturated heterocycles. The second-order valence-corrected chi connectivity index (χ2v) is 4.57. The van der Waals surface area contributed by atoms with Gasteiger partial charge >= 0.3 is 0 Å². The Morgan fingerprint density at radius 1 is 1.44 bits per heavy atom. The lowest BCUT2D eigenvalue weighted by Crippen LogP contribution is -2.10. The molecule has 1 N–H and O–H groups in total. The molecule has 1 atom stereocenters. The summed E-state index contributed by atoms with van der Waals surface area (Å²) in [6.45, 7) is 2.20. The summed E-state index contributed by atoms with van der Waals surface area (Å²) < 4.78 is 0. The minimum atomic E-state index is 0.361. The Morgan fingerprint density at radius 3 is 3.00 bits per heavy atom. The Labute approximate surface area is 99.6 Å². The van der Waals surface area contributed by atoms with Gasteiger partial charge in [-0.1, -0.05) is 19.4 Å². The molecule has 0 fully saturated rings. The van der Waals surface area contributed by atoms with Crippen LogP contribution in [0.15, 0.2) is 36.1 Å².